The Kier molecular flexibility index (Phi) is 4.76. The van der Waals surface area contributed by atoms with Gasteiger partial charge in [-0.05, 0) is 26.3 Å². The van der Waals surface area contributed by atoms with E-state index in [2.05, 4.69) is 17.6 Å². The number of morpholine rings is 1. The summed E-state index contributed by atoms with van der Waals surface area (Å²) in [6.07, 6.45) is 1.69. The van der Waals surface area contributed by atoms with Crippen molar-refractivity contribution in [3.8, 4) is 0 Å². The van der Waals surface area contributed by atoms with Crippen LogP contribution in [0.4, 0.5) is 0 Å². The van der Waals surface area contributed by atoms with Crippen molar-refractivity contribution < 1.29 is 14.3 Å². The largest absolute Gasteiger partial charge is 0.377 e. The second-order valence-electron chi connectivity index (χ2n) is 5.31. The SMILES string of the molecule is CNC(=O)C1COCCN1C(=O)C1CCNC(C)C1. The molecule has 108 valence electrons. The third-order valence-corrected chi connectivity index (χ3v) is 3.93. The summed E-state index contributed by atoms with van der Waals surface area (Å²) in [7, 11) is 1.59. The number of nitrogens with zero attached hydrogens (tertiary/aromatic N) is 1. The Labute approximate surface area is 113 Å². The maximum Gasteiger partial charge on any atom is 0.244 e. The van der Waals surface area contributed by atoms with Crippen LogP contribution in [0.5, 0.6) is 0 Å². The molecule has 0 aromatic rings. The Morgan fingerprint density at radius 1 is 1.42 bits per heavy atom. The maximum atomic E-state index is 12.6. The van der Waals surface area contributed by atoms with E-state index in [4.69, 9.17) is 4.74 Å². The zero-order valence-electron chi connectivity index (χ0n) is 11.6. The molecule has 3 atom stereocenters. The number of ether oxygens (including phenoxy) is 1. The number of likely N-dealkylation sites (N-methyl/N-ethyl adjacent to an activating group) is 1. The number of nitrogens with one attached hydrogen (secondary N) is 2. The summed E-state index contributed by atoms with van der Waals surface area (Å²) in [5.41, 5.74) is 0. The molecule has 2 N–H and O–H groups in total. The lowest BCUT2D eigenvalue weighted by Crippen LogP contribution is -2.57. The van der Waals surface area contributed by atoms with E-state index < -0.39 is 6.04 Å². The Morgan fingerprint density at radius 3 is 2.89 bits per heavy atom. The minimum atomic E-state index is -0.476. The number of hydrogen-bond donors (Lipinski definition) is 2. The summed E-state index contributed by atoms with van der Waals surface area (Å²) in [5, 5.41) is 5.95. The summed E-state index contributed by atoms with van der Waals surface area (Å²) in [4.78, 5) is 26.1. The highest BCUT2D eigenvalue weighted by Crippen LogP contribution is 2.21. The average molecular weight is 269 g/mol. The highest BCUT2D eigenvalue weighted by molar-refractivity contribution is 5.88. The van der Waals surface area contributed by atoms with Crippen LogP contribution in [0.15, 0.2) is 0 Å². The molecule has 2 fully saturated rings. The Balaban J connectivity index is 2.04. The van der Waals surface area contributed by atoms with Gasteiger partial charge >= 0.3 is 0 Å². The standard InChI is InChI=1S/C13H23N3O3/c1-9-7-10(3-4-15-9)13(18)16-5-6-19-8-11(16)12(17)14-2/h9-11,15H,3-8H2,1-2H3,(H,14,17). The quantitative estimate of drug-likeness (QED) is 0.699. The van der Waals surface area contributed by atoms with E-state index in [9.17, 15) is 9.59 Å². The summed E-state index contributed by atoms with van der Waals surface area (Å²) >= 11 is 0. The molecule has 0 aromatic heterocycles. The molecule has 0 radical (unpaired) electrons. The zero-order valence-corrected chi connectivity index (χ0v) is 11.6. The van der Waals surface area contributed by atoms with Gasteiger partial charge in [0.25, 0.3) is 0 Å². The molecular weight excluding hydrogens is 246 g/mol. The van der Waals surface area contributed by atoms with Gasteiger partial charge in [-0.2, -0.15) is 0 Å². The molecule has 0 spiro atoms. The lowest BCUT2D eigenvalue weighted by molar-refractivity contribution is -0.152. The van der Waals surface area contributed by atoms with Gasteiger partial charge in [0.05, 0.1) is 13.2 Å². The predicted molar refractivity (Wildman–Crippen MR) is 70.6 cm³/mol. The van der Waals surface area contributed by atoms with Crippen molar-refractivity contribution in [3.63, 3.8) is 0 Å². The first-order chi connectivity index (χ1) is 9.13. The molecule has 0 aliphatic carbocycles. The van der Waals surface area contributed by atoms with Gasteiger partial charge in [0.1, 0.15) is 6.04 Å². The van der Waals surface area contributed by atoms with Crippen LogP contribution >= 0.6 is 0 Å². The first kappa shape index (κ1) is 14.3. The van der Waals surface area contributed by atoms with Crippen LogP contribution in [0.1, 0.15) is 19.8 Å². The lowest BCUT2D eigenvalue weighted by atomic mass is 9.91. The van der Waals surface area contributed by atoms with Crippen molar-refractivity contribution in [1.82, 2.24) is 15.5 Å². The van der Waals surface area contributed by atoms with Crippen molar-refractivity contribution in [1.29, 1.82) is 0 Å². The van der Waals surface area contributed by atoms with Crippen LogP contribution in [-0.2, 0) is 14.3 Å². The van der Waals surface area contributed by atoms with Crippen LogP contribution < -0.4 is 10.6 Å². The van der Waals surface area contributed by atoms with Gasteiger partial charge < -0.3 is 20.3 Å². The molecule has 0 bridgehead atoms. The Hall–Kier alpha value is -1.14. The van der Waals surface area contributed by atoms with Gasteiger partial charge in [0, 0.05) is 25.6 Å². The fourth-order valence-corrected chi connectivity index (χ4v) is 2.84. The van der Waals surface area contributed by atoms with Gasteiger partial charge in [-0.15, -0.1) is 0 Å². The first-order valence-corrected chi connectivity index (χ1v) is 6.96. The van der Waals surface area contributed by atoms with Crippen LogP contribution in [-0.4, -0.2) is 62.1 Å². The van der Waals surface area contributed by atoms with E-state index in [1.165, 1.54) is 0 Å². The number of piperidine rings is 1. The number of hydrogen-bond acceptors (Lipinski definition) is 4. The molecule has 2 amide bonds. The molecule has 6 nitrogen and oxygen atoms in total. The molecule has 0 aromatic carbocycles. The number of amides is 2. The van der Waals surface area contributed by atoms with Crippen molar-refractivity contribution in [2.75, 3.05) is 33.4 Å². The van der Waals surface area contributed by atoms with Crippen LogP contribution in [0, 0.1) is 5.92 Å². The molecule has 6 heteroatoms. The lowest BCUT2D eigenvalue weighted by Gasteiger charge is -2.38. The van der Waals surface area contributed by atoms with Crippen molar-refractivity contribution in [2.24, 2.45) is 5.92 Å². The third-order valence-electron chi connectivity index (χ3n) is 3.93. The van der Waals surface area contributed by atoms with Gasteiger partial charge in [-0.1, -0.05) is 0 Å². The highest BCUT2D eigenvalue weighted by atomic mass is 16.5. The number of carbonyl (C=O) groups excluding carboxylic acids is 2. The van der Waals surface area contributed by atoms with E-state index in [0.29, 0.717) is 25.8 Å². The summed E-state index contributed by atoms with van der Waals surface area (Å²) < 4.78 is 5.33. The molecule has 2 rings (SSSR count). The fourth-order valence-electron chi connectivity index (χ4n) is 2.84. The van der Waals surface area contributed by atoms with Crippen LogP contribution in [0.2, 0.25) is 0 Å². The zero-order chi connectivity index (χ0) is 13.8. The molecule has 2 heterocycles. The smallest absolute Gasteiger partial charge is 0.244 e. The van der Waals surface area contributed by atoms with E-state index >= 15 is 0 Å². The minimum absolute atomic E-state index is 0.0292. The fraction of sp³-hybridized carbons (Fsp3) is 0.846. The van der Waals surface area contributed by atoms with Crippen molar-refractivity contribution >= 4 is 11.8 Å². The maximum absolute atomic E-state index is 12.6. The number of carbonyl (C=O) groups is 2. The Morgan fingerprint density at radius 2 is 2.21 bits per heavy atom. The predicted octanol–water partition coefficient (Wildman–Crippen LogP) is -0.652. The van der Waals surface area contributed by atoms with Gasteiger partial charge in [-0.25, -0.2) is 0 Å². The van der Waals surface area contributed by atoms with Crippen LogP contribution in [0.3, 0.4) is 0 Å². The van der Waals surface area contributed by atoms with E-state index in [0.717, 1.165) is 19.4 Å². The van der Waals surface area contributed by atoms with Crippen molar-refractivity contribution in [3.05, 3.63) is 0 Å². The van der Waals surface area contributed by atoms with E-state index in [1.807, 2.05) is 0 Å². The average Bonchev–Trinajstić information content (AvgIpc) is 2.45. The van der Waals surface area contributed by atoms with Gasteiger partial charge in [0.15, 0.2) is 0 Å². The van der Waals surface area contributed by atoms with Crippen molar-refractivity contribution in [2.45, 2.75) is 31.8 Å². The van der Waals surface area contributed by atoms with Gasteiger partial charge in [-0.3, -0.25) is 9.59 Å². The molecule has 2 aliphatic heterocycles. The summed E-state index contributed by atoms with van der Waals surface area (Å²) in [5.74, 6) is -0.0122. The first-order valence-electron chi connectivity index (χ1n) is 6.96. The second-order valence-corrected chi connectivity index (χ2v) is 5.31. The minimum Gasteiger partial charge on any atom is -0.377 e. The summed E-state index contributed by atoms with van der Waals surface area (Å²) in [6.45, 7) is 4.28. The monoisotopic (exact) mass is 269 g/mol. The molecule has 2 aliphatic rings. The highest BCUT2D eigenvalue weighted by Gasteiger charge is 2.36. The topological polar surface area (TPSA) is 70.7 Å². The molecular formula is C13H23N3O3. The van der Waals surface area contributed by atoms with E-state index in [-0.39, 0.29) is 17.7 Å². The third kappa shape index (κ3) is 3.25. The summed E-state index contributed by atoms with van der Waals surface area (Å²) in [6, 6.07) is -0.112. The molecule has 19 heavy (non-hydrogen) atoms. The molecule has 0 saturated carbocycles. The number of rotatable bonds is 2. The molecule has 3 unspecified atom stereocenters. The van der Waals surface area contributed by atoms with Gasteiger partial charge in [0.2, 0.25) is 11.8 Å². The molecule has 2 saturated heterocycles. The Bertz CT molecular complexity index is 348. The van der Waals surface area contributed by atoms with E-state index in [1.54, 1.807) is 11.9 Å². The second kappa shape index (κ2) is 6.34. The van der Waals surface area contributed by atoms with Crippen LogP contribution in [0.25, 0.3) is 0 Å². The normalized spacial score (nSPS) is 31.9.